The van der Waals surface area contributed by atoms with E-state index < -0.39 is 0 Å². The van der Waals surface area contributed by atoms with E-state index >= 15 is 0 Å². The van der Waals surface area contributed by atoms with Crippen molar-refractivity contribution in [3.63, 3.8) is 0 Å². The fourth-order valence-corrected chi connectivity index (χ4v) is 2.55. The Morgan fingerprint density at radius 2 is 2.12 bits per heavy atom. The number of H-pyrrole nitrogens is 1. The van der Waals surface area contributed by atoms with Crippen molar-refractivity contribution < 1.29 is 4.52 Å². The van der Waals surface area contributed by atoms with Gasteiger partial charge in [0, 0.05) is 37.1 Å². The van der Waals surface area contributed by atoms with E-state index in [1.54, 1.807) is 6.92 Å². The second kappa shape index (κ2) is 9.40. The molecule has 3 N–H and O–H groups in total. The van der Waals surface area contributed by atoms with Crippen molar-refractivity contribution in [2.75, 3.05) is 13.1 Å². The number of aryl methyl sites for hydroxylation is 1. The Balaban J connectivity index is 0.00000225. The summed E-state index contributed by atoms with van der Waals surface area (Å²) in [6.45, 7) is 5.78. The molecule has 7 nitrogen and oxygen atoms in total. The SMILES string of the molecule is CCNC(=NCc1noc(C)n1)NCCc1c[nH]c2ccccc12.I. The van der Waals surface area contributed by atoms with Gasteiger partial charge in [0.2, 0.25) is 5.89 Å². The minimum Gasteiger partial charge on any atom is -0.361 e. The predicted molar refractivity (Wildman–Crippen MR) is 109 cm³/mol. The molecule has 2 heterocycles. The first-order valence-corrected chi connectivity index (χ1v) is 8.12. The average molecular weight is 454 g/mol. The molecular weight excluding hydrogens is 431 g/mol. The first-order chi connectivity index (χ1) is 11.8. The van der Waals surface area contributed by atoms with E-state index in [0.717, 1.165) is 25.5 Å². The van der Waals surface area contributed by atoms with E-state index in [1.165, 1.54) is 16.5 Å². The topological polar surface area (TPSA) is 91.1 Å². The van der Waals surface area contributed by atoms with Crippen LogP contribution in [0.2, 0.25) is 0 Å². The Hall–Kier alpha value is -2.10. The van der Waals surface area contributed by atoms with Crippen LogP contribution >= 0.6 is 24.0 Å². The predicted octanol–water partition coefficient (Wildman–Crippen LogP) is 2.78. The van der Waals surface area contributed by atoms with Crippen LogP contribution in [0.15, 0.2) is 40.0 Å². The zero-order valence-corrected chi connectivity index (χ0v) is 16.7. The van der Waals surface area contributed by atoms with E-state index in [0.29, 0.717) is 18.3 Å². The van der Waals surface area contributed by atoms with Crippen LogP contribution in [0.5, 0.6) is 0 Å². The fraction of sp³-hybridized carbons (Fsp3) is 0.353. The summed E-state index contributed by atoms with van der Waals surface area (Å²) in [4.78, 5) is 11.9. The van der Waals surface area contributed by atoms with Crippen LogP contribution in [0.4, 0.5) is 0 Å². The van der Waals surface area contributed by atoms with Crippen LogP contribution in [0.1, 0.15) is 24.2 Å². The minimum atomic E-state index is 0. The highest BCUT2D eigenvalue weighted by molar-refractivity contribution is 14.0. The number of nitrogens with zero attached hydrogens (tertiary/aromatic N) is 3. The highest BCUT2D eigenvalue weighted by atomic mass is 127. The van der Waals surface area contributed by atoms with Gasteiger partial charge >= 0.3 is 0 Å². The highest BCUT2D eigenvalue weighted by Gasteiger charge is 2.05. The summed E-state index contributed by atoms with van der Waals surface area (Å²) in [7, 11) is 0. The largest absolute Gasteiger partial charge is 0.361 e. The molecule has 0 aliphatic carbocycles. The third-order valence-corrected chi connectivity index (χ3v) is 3.65. The van der Waals surface area contributed by atoms with Crippen molar-refractivity contribution in [1.29, 1.82) is 0 Å². The lowest BCUT2D eigenvalue weighted by molar-refractivity contribution is 0.387. The van der Waals surface area contributed by atoms with E-state index in [4.69, 9.17) is 4.52 Å². The van der Waals surface area contributed by atoms with Gasteiger partial charge in [0.1, 0.15) is 6.54 Å². The van der Waals surface area contributed by atoms with Gasteiger partial charge in [-0.1, -0.05) is 23.4 Å². The van der Waals surface area contributed by atoms with Gasteiger partial charge in [-0.05, 0) is 25.0 Å². The zero-order valence-electron chi connectivity index (χ0n) is 14.4. The first-order valence-electron chi connectivity index (χ1n) is 8.12. The molecule has 0 saturated heterocycles. The summed E-state index contributed by atoms with van der Waals surface area (Å²) >= 11 is 0. The lowest BCUT2D eigenvalue weighted by Gasteiger charge is -2.10. The number of benzene rings is 1. The molecule has 0 amide bonds. The Bertz CT molecular complexity index is 825. The van der Waals surface area contributed by atoms with Crippen molar-refractivity contribution in [3.05, 3.63) is 47.7 Å². The maximum Gasteiger partial charge on any atom is 0.223 e. The summed E-state index contributed by atoms with van der Waals surface area (Å²) in [5.74, 6) is 1.89. The molecule has 0 unspecified atom stereocenters. The molecule has 0 radical (unpaired) electrons. The zero-order chi connectivity index (χ0) is 16.8. The van der Waals surface area contributed by atoms with Gasteiger partial charge in [0.15, 0.2) is 11.8 Å². The number of rotatable bonds is 6. The molecule has 25 heavy (non-hydrogen) atoms. The van der Waals surface area contributed by atoms with E-state index in [1.807, 2.05) is 13.0 Å². The number of aliphatic imine (C=N–C) groups is 1. The maximum atomic E-state index is 4.95. The van der Waals surface area contributed by atoms with Crippen LogP contribution in [0, 0.1) is 6.92 Å². The summed E-state index contributed by atoms with van der Waals surface area (Å²) in [5.41, 5.74) is 2.46. The molecule has 0 aliphatic heterocycles. The molecule has 3 rings (SSSR count). The Morgan fingerprint density at radius 1 is 1.28 bits per heavy atom. The van der Waals surface area contributed by atoms with Gasteiger partial charge in [-0.2, -0.15) is 4.98 Å². The van der Waals surface area contributed by atoms with Crippen LogP contribution in [0.3, 0.4) is 0 Å². The van der Waals surface area contributed by atoms with E-state index in [-0.39, 0.29) is 24.0 Å². The molecule has 0 atom stereocenters. The molecule has 0 bridgehead atoms. The molecule has 3 aromatic rings. The van der Waals surface area contributed by atoms with Crippen LogP contribution in [-0.4, -0.2) is 34.2 Å². The molecule has 0 spiro atoms. The molecule has 2 aromatic heterocycles. The quantitative estimate of drug-likeness (QED) is 0.303. The normalized spacial score (nSPS) is 11.4. The number of fused-ring (bicyclic) bond motifs is 1. The van der Waals surface area contributed by atoms with Gasteiger partial charge < -0.3 is 20.1 Å². The average Bonchev–Trinajstić information content (AvgIpc) is 3.19. The molecule has 0 aliphatic rings. The van der Waals surface area contributed by atoms with Crippen molar-refractivity contribution in [3.8, 4) is 0 Å². The number of nitrogens with one attached hydrogen (secondary N) is 3. The van der Waals surface area contributed by atoms with Crippen molar-refractivity contribution in [2.45, 2.75) is 26.8 Å². The third-order valence-electron chi connectivity index (χ3n) is 3.65. The number of aromatic amines is 1. The molecule has 0 saturated carbocycles. The monoisotopic (exact) mass is 454 g/mol. The van der Waals surface area contributed by atoms with Gasteiger partial charge in [-0.25, -0.2) is 4.99 Å². The van der Waals surface area contributed by atoms with Crippen molar-refractivity contribution in [1.82, 2.24) is 25.8 Å². The smallest absolute Gasteiger partial charge is 0.223 e. The fourth-order valence-electron chi connectivity index (χ4n) is 2.55. The van der Waals surface area contributed by atoms with Gasteiger partial charge in [0.25, 0.3) is 0 Å². The molecule has 1 aromatic carbocycles. The van der Waals surface area contributed by atoms with Crippen LogP contribution in [0.25, 0.3) is 10.9 Å². The van der Waals surface area contributed by atoms with Gasteiger partial charge in [-0.3, -0.25) is 0 Å². The first kappa shape index (κ1) is 19.2. The second-order valence-electron chi connectivity index (χ2n) is 5.46. The van der Waals surface area contributed by atoms with Crippen LogP contribution < -0.4 is 10.6 Å². The number of hydrogen-bond donors (Lipinski definition) is 3. The van der Waals surface area contributed by atoms with Gasteiger partial charge in [0.05, 0.1) is 0 Å². The highest BCUT2D eigenvalue weighted by Crippen LogP contribution is 2.17. The lowest BCUT2D eigenvalue weighted by Crippen LogP contribution is -2.38. The van der Waals surface area contributed by atoms with E-state index in [9.17, 15) is 0 Å². The Labute approximate surface area is 163 Å². The standard InChI is InChI=1S/C17H22N6O.HI/c1-3-18-17(21-11-16-22-12(2)24-23-16)19-9-8-13-10-20-15-7-5-4-6-14(13)15;/h4-7,10,20H,3,8-9,11H2,1-2H3,(H2,18,19,21);1H. The maximum absolute atomic E-state index is 4.95. The number of para-hydroxylation sites is 1. The van der Waals surface area contributed by atoms with Crippen LogP contribution in [-0.2, 0) is 13.0 Å². The minimum absolute atomic E-state index is 0. The molecule has 134 valence electrons. The number of aromatic nitrogens is 3. The second-order valence-corrected chi connectivity index (χ2v) is 5.46. The molecular formula is C17H23IN6O. The Kier molecular flexibility index (Phi) is 7.23. The molecule has 0 fully saturated rings. The van der Waals surface area contributed by atoms with E-state index in [2.05, 4.69) is 55.1 Å². The number of halogens is 1. The molecule has 8 heteroatoms. The third kappa shape index (κ3) is 5.18. The lowest BCUT2D eigenvalue weighted by atomic mass is 10.1. The van der Waals surface area contributed by atoms with Crippen molar-refractivity contribution in [2.24, 2.45) is 4.99 Å². The summed E-state index contributed by atoms with van der Waals surface area (Å²) < 4.78 is 4.95. The summed E-state index contributed by atoms with van der Waals surface area (Å²) in [6, 6.07) is 8.33. The summed E-state index contributed by atoms with van der Waals surface area (Å²) in [6.07, 6.45) is 2.98. The summed E-state index contributed by atoms with van der Waals surface area (Å²) in [5, 5.41) is 11.7. The van der Waals surface area contributed by atoms with Gasteiger partial charge in [-0.15, -0.1) is 24.0 Å². The number of hydrogen-bond acceptors (Lipinski definition) is 4. The van der Waals surface area contributed by atoms with Crippen molar-refractivity contribution >= 4 is 40.8 Å². The Morgan fingerprint density at radius 3 is 2.88 bits per heavy atom. The number of guanidine groups is 1.